The lowest BCUT2D eigenvalue weighted by Crippen LogP contribution is -2.42. The standard InChI is InChI=1S/C16H22N2O/c1-16(2)9-14(17)10-18(16)15(19)13-7-6-11-4-3-5-12(11)8-13/h6-8,14H,3-5,9-10,17H2,1-2H3. The molecule has 1 amide bonds. The van der Waals surface area contributed by atoms with Crippen LogP contribution in [-0.4, -0.2) is 28.9 Å². The van der Waals surface area contributed by atoms with Crippen LogP contribution in [0.1, 0.15) is 48.2 Å². The van der Waals surface area contributed by atoms with Gasteiger partial charge in [-0.2, -0.15) is 0 Å². The lowest BCUT2D eigenvalue weighted by atomic mass is 9.99. The molecule has 1 aromatic rings. The summed E-state index contributed by atoms with van der Waals surface area (Å²) in [4.78, 5) is 14.6. The summed E-state index contributed by atoms with van der Waals surface area (Å²) in [5.41, 5.74) is 9.47. The minimum absolute atomic E-state index is 0.105. The topological polar surface area (TPSA) is 46.3 Å². The maximum atomic E-state index is 12.7. The number of aryl methyl sites for hydroxylation is 2. The summed E-state index contributed by atoms with van der Waals surface area (Å²) in [6.07, 6.45) is 4.36. The van der Waals surface area contributed by atoms with Crippen LogP contribution in [0.4, 0.5) is 0 Å². The van der Waals surface area contributed by atoms with Gasteiger partial charge in [0.15, 0.2) is 0 Å². The summed E-state index contributed by atoms with van der Waals surface area (Å²) in [7, 11) is 0. The van der Waals surface area contributed by atoms with Gasteiger partial charge in [-0.05, 0) is 62.8 Å². The second kappa shape index (κ2) is 4.34. The maximum Gasteiger partial charge on any atom is 0.254 e. The van der Waals surface area contributed by atoms with Crippen molar-refractivity contribution < 1.29 is 4.79 Å². The van der Waals surface area contributed by atoms with Crippen molar-refractivity contribution in [1.29, 1.82) is 0 Å². The van der Waals surface area contributed by atoms with Crippen LogP contribution < -0.4 is 5.73 Å². The number of likely N-dealkylation sites (tertiary alicyclic amines) is 1. The van der Waals surface area contributed by atoms with Crippen molar-refractivity contribution in [3.8, 4) is 0 Å². The smallest absolute Gasteiger partial charge is 0.254 e. The number of nitrogens with zero attached hydrogens (tertiary/aromatic N) is 1. The summed E-state index contributed by atoms with van der Waals surface area (Å²) in [6.45, 7) is 4.87. The van der Waals surface area contributed by atoms with Crippen LogP contribution in [0.3, 0.4) is 0 Å². The second-order valence-electron chi connectivity index (χ2n) is 6.53. The van der Waals surface area contributed by atoms with Crippen molar-refractivity contribution in [1.82, 2.24) is 4.90 Å². The number of amides is 1. The zero-order valence-electron chi connectivity index (χ0n) is 11.8. The number of fused-ring (bicyclic) bond motifs is 1. The quantitative estimate of drug-likeness (QED) is 0.838. The Morgan fingerprint density at radius 1 is 1.32 bits per heavy atom. The Morgan fingerprint density at radius 3 is 2.74 bits per heavy atom. The van der Waals surface area contributed by atoms with Gasteiger partial charge in [-0.3, -0.25) is 4.79 Å². The highest BCUT2D eigenvalue weighted by atomic mass is 16.2. The van der Waals surface area contributed by atoms with E-state index >= 15 is 0 Å². The third-order valence-electron chi connectivity index (χ3n) is 4.50. The van der Waals surface area contributed by atoms with E-state index in [2.05, 4.69) is 26.0 Å². The molecule has 0 saturated carbocycles. The molecule has 1 unspecified atom stereocenters. The van der Waals surface area contributed by atoms with Gasteiger partial charge in [0.2, 0.25) is 0 Å². The summed E-state index contributed by atoms with van der Waals surface area (Å²) in [6, 6.07) is 6.30. The molecule has 1 aromatic carbocycles. The third kappa shape index (κ3) is 2.16. The average Bonchev–Trinajstić information content (AvgIpc) is 2.90. The molecular weight excluding hydrogens is 236 g/mol. The fourth-order valence-electron chi connectivity index (χ4n) is 3.52. The minimum Gasteiger partial charge on any atom is -0.332 e. The first kappa shape index (κ1) is 12.7. The number of hydrogen-bond acceptors (Lipinski definition) is 2. The molecule has 1 heterocycles. The molecule has 19 heavy (non-hydrogen) atoms. The first-order valence-corrected chi connectivity index (χ1v) is 7.17. The van der Waals surface area contributed by atoms with Crippen LogP contribution in [-0.2, 0) is 12.8 Å². The van der Waals surface area contributed by atoms with E-state index in [0.29, 0.717) is 6.54 Å². The van der Waals surface area contributed by atoms with Gasteiger partial charge in [0, 0.05) is 23.7 Å². The summed E-state index contributed by atoms with van der Waals surface area (Å²) in [5, 5.41) is 0. The van der Waals surface area contributed by atoms with E-state index in [4.69, 9.17) is 5.73 Å². The lowest BCUT2D eigenvalue weighted by molar-refractivity contribution is 0.0651. The van der Waals surface area contributed by atoms with Crippen LogP contribution in [0.15, 0.2) is 18.2 Å². The fourth-order valence-corrected chi connectivity index (χ4v) is 3.52. The monoisotopic (exact) mass is 258 g/mol. The summed E-state index contributed by atoms with van der Waals surface area (Å²) in [5.74, 6) is 0.132. The SMILES string of the molecule is CC1(C)CC(N)CN1C(=O)c1ccc2c(c1)CCC2. The average molecular weight is 258 g/mol. The van der Waals surface area contributed by atoms with Gasteiger partial charge in [-0.1, -0.05) is 6.07 Å². The van der Waals surface area contributed by atoms with E-state index in [-0.39, 0.29) is 17.5 Å². The van der Waals surface area contributed by atoms with Crippen molar-refractivity contribution in [2.75, 3.05) is 6.54 Å². The van der Waals surface area contributed by atoms with Crippen LogP contribution in [0.2, 0.25) is 0 Å². The molecule has 0 aromatic heterocycles. The molecule has 2 N–H and O–H groups in total. The van der Waals surface area contributed by atoms with Crippen molar-refractivity contribution in [3.05, 3.63) is 34.9 Å². The molecule has 0 spiro atoms. The lowest BCUT2D eigenvalue weighted by Gasteiger charge is -2.31. The van der Waals surface area contributed by atoms with Crippen molar-refractivity contribution in [2.45, 2.75) is 51.1 Å². The number of nitrogens with two attached hydrogens (primary N) is 1. The highest BCUT2D eigenvalue weighted by Gasteiger charge is 2.40. The summed E-state index contributed by atoms with van der Waals surface area (Å²) < 4.78 is 0. The van der Waals surface area contributed by atoms with Crippen LogP contribution in [0.5, 0.6) is 0 Å². The molecule has 3 nitrogen and oxygen atoms in total. The first-order valence-electron chi connectivity index (χ1n) is 7.17. The Kier molecular flexibility index (Phi) is 2.90. The number of carbonyl (C=O) groups is 1. The van der Waals surface area contributed by atoms with E-state index in [1.165, 1.54) is 17.5 Å². The van der Waals surface area contributed by atoms with Crippen molar-refractivity contribution in [2.24, 2.45) is 5.73 Å². The molecule has 3 heteroatoms. The predicted octanol–water partition coefficient (Wildman–Crippen LogP) is 2.13. The highest BCUT2D eigenvalue weighted by molar-refractivity contribution is 5.95. The molecule has 1 atom stereocenters. The van der Waals surface area contributed by atoms with Crippen LogP contribution >= 0.6 is 0 Å². The maximum absolute atomic E-state index is 12.7. The summed E-state index contributed by atoms with van der Waals surface area (Å²) >= 11 is 0. The normalized spacial score (nSPS) is 24.6. The molecule has 1 fully saturated rings. The van der Waals surface area contributed by atoms with E-state index in [1.54, 1.807) is 0 Å². The number of carbonyl (C=O) groups excluding carboxylic acids is 1. The van der Waals surface area contributed by atoms with E-state index in [1.807, 2.05) is 11.0 Å². The molecule has 102 valence electrons. The number of rotatable bonds is 1. The van der Waals surface area contributed by atoms with Gasteiger partial charge in [0.05, 0.1) is 0 Å². The van der Waals surface area contributed by atoms with E-state index < -0.39 is 0 Å². The van der Waals surface area contributed by atoms with Gasteiger partial charge in [-0.15, -0.1) is 0 Å². The Morgan fingerprint density at radius 2 is 2.05 bits per heavy atom. The highest BCUT2D eigenvalue weighted by Crippen LogP contribution is 2.30. The van der Waals surface area contributed by atoms with E-state index in [9.17, 15) is 4.79 Å². The predicted molar refractivity (Wildman–Crippen MR) is 76.2 cm³/mol. The Balaban J connectivity index is 1.88. The molecule has 1 aliphatic heterocycles. The van der Waals surface area contributed by atoms with E-state index in [0.717, 1.165) is 24.8 Å². The number of benzene rings is 1. The van der Waals surface area contributed by atoms with Gasteiger partial charge in [0.25, 0.3) is 5.91 Å². The van der Waals surface area contributed by atoms with Crippen molar-refractivity contribution in [3.63, 3.8) is 0 Å². The molecular formula is C16H22N2O. The fraction of sp³-hybridized carbons (Fsp3) is 0.562. The van der Waals surface area contributed by atoms with Crippen LogP contribution in [0, 0.1) is 0 Å². The molecule has 0 bridgehead atoms. The van der Waals surface area contributed by atoms with Crippen LogP contribution in [0.25, 0.3) is 0 Å². The largest absolute Gasteiger partial charge is 0.332 e. The molecule has 3 rings (SSSR count). The minimum atomic E-state index is -0.129. The zero-order valence-corrected chi connectivity index (χ0v) is 11.8. The Hall–Kier alpha value is -1.35. The Labute approximate surface area is 114 Å². The first-order chi connectivity index (χ1) is 8.97. The van der Waals surface area contributed by atoms with Gasteiger partial charge >= 0.3 is 0 Å². The molecule has 2 aliphatic rings. The third-order valence-corrected chi connectivity index (χ3v) is 4.50. The Bertz CT molecular complexity index is 521. The second-order valence-corrected chi connectivity index (χ2v) is 6.53. The molecule has 0 radical (unpaired) electrons. The number of hydrogen-bond donors (Lipinski definition) is 1. The molecule has 1 saturated heterocycles. The van der Waals surface area contributed by atoms with Crippen molar-refractivity contribution >= 4 is 5.91 Å². The van der Waals surface area contributed by atoms with Gasteiger partial charge < -0.3 is 10.6 Å². The van der Waals surface area contributed by atoms with Gasteiger partial charge in [0.1, 0.15) is 0 Å². The zero-order chi connectivity index (χ0) is 13.6. The van der Waals surface area contributed by atoms with Gasteiger partial charge in [-0.25, -0.2) is 0 Å². The molecule has 1 aliphatic carbocycles.